The molecule has 4 heteroatoms. The van der Waals surface area contributed by atoms with Crippen LogP contribution >= 0.6 is 0 Å². The Balaban J connectivity index is 2.21. The standard InChI is InChI=1S/C14H16O4/c1-4-7-17-14(13-9-18-13)10-5-6-11(15-2)12(8-10)16-3/h1,5-6,8,13-14H,7,9H2,2-3H3. The topological polar surface area (TPSA) is 40.2 Å². The minimum absolute atomic E-state index is 0.0800. The van der Waals surface area contributed by atoms with Crippen LogP contribution in [0.3, 0.4) is 0 Å². The van der Waals surface area contributed by atoms with Crippen LogP contribution in [0.2, 0.25) is 0 Å². The van der Waals surface area contributed by atoms with E-state index in [9.17, 15) is 0 Å². The summed E-state index contributed by atoms with van der Waals surface area (Å²) < 4.78 is 21.4. The van der Waals surface area contributed by atoms with E-state index < -0.39 is 0 Å². The van der Waals surface area contributed by atoms with Crippen LogP contribution in [0.15, 0.2) is 18.2 Å². The molecular weight excluding hydrogens is 232 g/mol. The molecule has 0 bridgehead atoms. The van der Waals surface area contributed by atoms with Crippen LogP contribution in [0, 0.1) is 12.3 Å². The van der Waals surface area contributed by atoms with E-state index in [0.717, 1.165) is 5.56 Å². The summed E-state index contributed by atoms with van der Waals surface area (Å²) in [4.78, 5) is 0. The third-order valence-corrected chi connectivity index (χ3v) is 2.78. The van der Waals surface area contributed by atoms with Crippen molar-refractivity contribution in [3.63, 3.8) is 0 Å². The fraction of sp³-hybridized carbons (Fsp3) is 0.429. The molecule has 2 unspecified atom stereocenters. The van der Waals surface area contributed by atoms with E-state index in [2.05, 4.69) is 5.92 Å². The minimum Gasteiger partial charge on any atom is -0.493 e. The Hall–Kier alpha value is -1.70. The van der Waals surface area contributed by atoms with Crippen LogP contribution in [0.1, 0.15) is 11.7 Å². The molecular formula is C14H16O4. The van der Waals surface area contributed by atoms with Crippen molar-refractivity contribution >= 4 is 0 Å². The molecule has 1 aromatic rings. The van der Waals surface area contributed by atoms with Crippen molar-refractivity contribution in [2.45, 2.75) is 12.2 Å². The molecule has 1 saturated heterocycles. The summed E-state index contributed by atoms with van der Waals surface area (Å²) in [7, 11) is 3.21. The number of hydrogen-bond acceptors (Lipinski definition) is 4. The molecule has 2 atom stereocenters. The quantitative estimate of drug-likeness (QED) is 0.568. The number of ether oxygens (including phenoxy) is 4. The molecule has 0 aliphatic carbocycles. The highest BCUT2D eigenvalue weighted by atomic mass is 16.6. The zero-order chi connectivity index (χ0) is 13.0. The van der Waals surface area contributed by atoms with Gasteiger partial charge in [0.05, 0.1) is 20.8 Å². The van der Waals surface area contributed by atoms with E-state index in [0.29, 0.717) is 18.1 Å². The van der Waals surface area contributed by atoms with Gasteiger partial charge in [0.2, 0.25) is 0 Å². The van der Waals surface area contributed by atoms with Crippen LogP contribution in [0.4, 0.5) is 0 Å². The summed E-state index contributed by atoms with van der Waals surface area (Å²) in [5, 5.41) is 0. The number of hydrogen-bond donors (Lipinski definition) is 0. The predicted octanol–water partition coefficient (Wildman–Crippen LogP) is 1.79. The van der Waals surface area contributed by atoms with Crippen LogP contribution in [0.5, 0.6) is 11.5 Å². The summed E-state index contributed by atoms with van der Waals surface area (Å²) in [5.41, 5.74) is 0.977. The Labute approximate surface area is 107 Å². The third kappa shape index (κ3) is 2.76. The first-order valence-corrected chi connectivity index (χ1v) is 5.68. The molecule has 1 heterocycles. The van der Waals surface area contributed by atoms with Gasteiger partial charge < -0.3 is 18.9 Å². The first-order valence-electron chi connectivity index (χ1n) is 5.68. The predicted molar refractivity (Wildman–Crippen MR) is 66.8 cm³/mol. The first kappa shape index (κ1) is 12.7. The number of rotatable bonds is 6. The number of methoxy groups -OCH3 is 2. The van der Waals surface area contributed by atoms with Gasteiger partial charge in [0.15, 0.2) is 11.5 Å². The molecule has 0 N–H and O–H groups in total. The highest BCUT2D eigenvalue weighted by Gasteiger charge is 2.35. The van der Waals surface area contributed by atoms with Gasteiger partial charge in [0.1, 0.15) is 18.8 Å². The molecule has 0 aromatic heterocycles. The Kier molecular flexibility index (Phi) is 4.08. The molecule has 0 radical (unpaired) electrons. The molecule has 4 nitrogen and oxygen atoms in total. The van der Waals surface area contributed by atoms with Gasteiger partial charge in [-0.15, -0.1) is 6.42 Å². The molecule has 18 heavy (non-hydrogen) atoms. The zero-order valence-electron chi connectivity index (χ0n) is 10.5. The summed E-state index contributed by atoms with van der Waals surface area (Å²) in [5.74, 6) is 3.83. The van der Waals surface area contributed by atoms with Crippen LogP contribution in [-0.2, 0) is 9.47 Å². The van der Waals surface area contributed by atoms with Gasteiger partial charge in [-0.25, -0.2) is 0 Å². The highest BCUT2D eigenvalue weighted by Crippen LogP contribution is 2.36. The average Bonchev–Trinajstić information content (AvgIpc) is 3.23. The Morgan fingerprint density at radius 2 is 2.11 bits per heavy atom. The molecule has 2 rings (SSSR count). The van der Waals surface area contributed by atoms with Crippen molar-refractivity contribution in [1.82, 2.24) is 0 Å². The summed E-state index contributed by atoms with van der Waals surface area (Å²) >= 11 is 0. The van der Waals surface area contributed by atoms with Crippen molar-refractivity contribution in [2.75, 3.05) is 27.4 Å². The second-order valence-corrected chi connectivity index (χ2v) is 3.92. The lowest BCUT2D eigenvalue weighted by molar-refractivity contribution is 0.0540. The fourth-order valence-electron chi connectivity index (χ4n) is 1.82. The summed E-state index contributed by atoms with van der Waals surface area (Å²) in [6, 6.07) is 5.68. The van der Waals surface area contributed by atoms with Gasteiger partial charge in [0.25, 0.3) is 0 Å². The summed E-state index contributed by atoms with van der Waals surface area (Å²) in [6.45, 7) is 0.961. The maximum Gasteiger partial charge on any atom is 0.161 e. The van der Waals surface area contributed by atoms with E-state index in [4.69, 9.17) is 25.4 Å². The molecule has 1 aliphatic heterocycles. The van der Waals surface area contributed by atoms with Gasteiger partial charge in [-0.05, 0) is 17.7 Å². The molecule has 1 aliphatic rings. The fourth-order valence-corrected chi connectivity index (χ4v) is 1.82. The summed E-state index contributed by atoms with van der Waals surface area (Å²) in [6.07, 6.45) is 5.14. The van der Waals surface area contributed by atoms with Crippen molar-refractivity contribution in [3.05, 3.63) is 23.8 Å². The first-order chi connectivity index (χ1) is 8.80. The average molecular weight is 248 g/mol. The molecule has 0 saturated carbocycles. The second kappa shape index (κ2) is 5.76. The van der Waals surface area contributed by atoms with Crippen molar-refractivity contribution in [3.8, 4) is 23.8 Å². The van der Waals surface area contributed by atoms with Gasteiger partial charge in [-0.2, -0.15) is 0 Å². The second-order valence-electron chi connectivity index (χ2n) is 3.92. The lowest BCUT2D eigenvalue weighted by Gasteiger charge is -2.16. The van der Waals surface area contributed by atoms with Gasteiger partial charge in [-0.1, -0.05) is 12.0 Å². The van der Waals surface area contributed by atoms with Crippen molar-refractivity contribution < 1.29 is 18.9 Å². The Morgan fingerprint density at radius 1 is 1.39 bits per heavy atom. The highest BCUT2D eigenvalue weighted by molar-refractivity contribution is 5.44. The minimum atomic E-state index is -0.152. The molecule has 1 aromatic carbocycles. The molecule has 1 fully saturated rings. The largest absolute Gasteiger partial charge is 0.493 e. The van der Waals surface area contributed by atoms with Crippen LogP contribution in [-0.4, -0.2) is 33.5 Å². The van der Waals surface area contributed by atoms with E-state index in [1.165, 1.54) is 0 Å². The SMILES string of the molecule is C#CCOC(c1ccc(OC)c(OC)c1)C1CO1. The van der Waals surface area contributed by atoms with E-state index in [-0.39, 0.29) is 18.8 Å². The lowest BCUT2D eigenvalue weighted by atomic mass is 10.1. The van der Waals surface area contributed by atoms with E-state index in [1.54, 1.807) is 14.2 Å². The monoisotopic (exact) mass is 248 g/mol. The smallest absolute Gasteiger partial charge is 0.161 e. The number of benzene rings is 1. The number of terminal acetylenes is 1. The molecule has 0 spiro atoms. The van der Waals surface area contributed by atoms with E-state index >= 15 is 0 Å². The normalized spacial score (nSPS) is 18.8. The van der Waals surface area contributed by atoms with Crippen molar-refractivity contribution in [1.29, 1.82) is 0 Å². The Bertz CT molecular complexity index is 446. The maximum atomic E-state index is 5.62. The van der Waals surface area contributed by atoms with E-state index in [1.807, 2.05) is 18.2 Å². The van der Waals surface area contributed by atoms with Crippen LogP contribution < -0.4 is 9.47 Å². The number of epoxide rings is 1. The molecule has 0 amide bonds. The van der Waals surface area contributed by atoms with Gasteiger partial charge >= 0.3 is 0 Å². The third-order valence-electron chi connectivity index (χ3n) is 2.78. The van der Waals surface area contributed by atoms with Gasteiger partial charge in [0, 0.05) is 0 Å². The maximum absolute atomic E-state index is 5.62. The lowest BCUT2D eigenvalue weighted by Crippen LogP contribution is -2.11. The Morgan fingerprint density at radius 3 is 2.67 bits per heavy atom. The van der Waals surface area contributed by atoms with Crippen molar-refractivity contribution in [2.24, 2.45) is 0 Å². The van der Waals surface area contributed by atoms with Crippen LogP contribution in [0.25, 0.3) is 0 Å². The zero-order valence-corrected chi connectivity index (χ0v) is 10.5. The van der Waals surface area contributed by atoms with Gasteiger partial charge in [-0.3, -0.25) is 0 Å². The molecule has 96 valence electrons.